The van der Waals surface area contributed by atoms with Crippen LogP contribution >= 0.6 is 0 Å². The van der Waals surface area contributed by atoms with Gasteiger partial charge < -0.3 is 4.74 Å². The van der Waals surface area contributed by atoms with Crippen LogP contribution in [-0.2, 0) is 10.0 Å². The fourth-order valence-electron chi connectivity index (χ4n) is 2.33. The van der Waals surface area contributed by atoms with E-state index in [1.807, 2.05) is 45.0 Å². The number of allylic oxidation sites excluding steroid dienone is 1. The van der Waals surface area contributed by atoms with E-state index in [1.54, 1.807) is 31.4 Å². The Bertz CT molecular complexity index is 816. The van der Waals surface area contributed by atoms with E-state index < -0.39 is 10.0 Å². The quantitative estimate of drug-likeness (QED) is 0.867. The van der Waals surface area contributed by atoms with E-state index in [-0.39, 0.29) is 11.4 Å². The van der Waals surface area contributed by atoms with Crippen LogP contribution in [0.1, 0.15) is 25.0 Å². The maximum absolute atomic E-state index is 12.4. The van der Waals surface area contributed by atoms with Gasteiger partial charge >= 0.3 is 0 Å². The van der Waals surface area contributed by atoms with Crippen molar-refractivity contribution in [3.63, 3.8) is 0 Å². The highest BCUT2D eigenvalue weighted by Gasteiger charge is 2.15. The first kappa shape index (κ1) is 18.2. The maximum Gasteiger partial charge on any atom is 0.240 e. The smallest absolute Gasteiger partial charge is 0.240 e. The van der Waals surface area contributed by atoms with Crippen LogP contribution in [0.25, 0.3) is 5.57 Å². The second-order valence-corrected chi connectivity index (χ2v) is 7.61. The first-order valence-electron chi connectivity index (χ1n) is 7.70. The first-order chi connectivity index (χ1) is 11.3. The number of hydrogen-bond acceptors (Lipinski definition) is 3. The molecular formula is C19H23NO3S. The Kier molecular flexibility index (Phi) is 5.80. The average molecular weight is 345 g/mol. The minimum atomic E-state index is -3.54. The van der Waals surface area contributed by atoms with E-state index >= 15 is 0 Å². The third-order valence-electron chi connectivity index (χ3n) is 3.81. The van der Waals surface area contributed by atoms with Gasteiger partial charge in [0.25, 0.3) is 0 Å². The zero-order valence-electron chi connectivity index (χ0n) is 14.5. The van der Waals surface area contributed by atoms with Gasteiger partial charge in [-0.2, -0.15) is 0 Å². The van der Waals surface area contributed by atoms with Crippen LogP contribution < -0.4 is 9.46 Å². The number of methoxy groups -OCH3 is 1. The topological polar surface area (TPSA) is 55.4 Å². The predicted molar refractivity (Wildman–Crippen MR) is 97.6 cm³/mol. The molecule has 0 fully saturated rings. The summed E-state index contributed by atoms with van der Waals surface area (Å²) < 4.78 is 32.7. The molecule has 0 saturated carbocycles. The molecule has 0 aromatic heterocycles. The van der Waals surface area contributed by atoms with E-state index in [4.69, 9.17) is 4.74 Å². The first-order valence-corrected chi connectivity index (χ1v) is 9.19. The van der Waals surface area contributed by atoms with E-state index in [9.17, 15) is 8.42 Å². The summed E-state index contributed by atoms with van der Waals surface area (Å²) >= 11 is 0. The molecule has 1 N–H and O–H groups in total. The number of benzene rings is 2. The molecule has 0 saturated heterocycles. The zero-order chi connectivity index (χ0) is 17.7. The molecule has 128 valence electrons. The van der Waals surface area contributed by atoms with E-state index in [2.05, 4.69) is 4.72 Å². The Labute approximate surface area is 144 Å². The van der Waals surface area contributed by atoms with Crippen LogP contribution in [-0.4, -0.2) is 22.1 Å². The maximum atomic E-state index is 12.4. The van der Waals surface area contributed by atoms with Crippen LogP contribution in [0.3, 0.4) is 0 Å². The molecule has 0 aliphatic heterocycles. The summed E-state index contributed by atoms with van der Waals surface area (Å²) in [7, 11) is -1.92. The van der Waals surface area contributed by atoms with Crippen molar-refractivity contribution in [3.05, 3.63) is 65.2 Å². The number of nitrogens with one attached hydrogen (secondary N) is 1. The van der Waals surface area contributed by atoms with Gasteiger partial charge in [-0.15, -0.1) is 0 Å². The predicted octanol–water partition coefficient (Wildman–Crippen LogP) is 3.78. The molecule has 0 heterocycles. The van der Waals surface area contributed by atoms with Crippen LogP contribution in [0.15, 0.2) is 59.0 Å². The molecule has 2 aromatic carbocycles. The van der Waals surface area contributed by atoms with Gasteiger partial charge in [0.15, 0.2) is 0 Å². The average Bonchev–Trinajstić information content (AvgIpc) is 2.55. The molecule has 5 heteroatoms. The summed E-state index contributed by atoms with van der Waals surface area (Å²) in [5, 5.41) is 0. The van der Waals surface area contributed by atoms with Gasteiger partial charge in [-0.3, -0.25) is 0 Å². The summed E-state index contributed by atoms with van der Waals surface area (Å²) in [6.07, 6.45) is 0. The Hall–Kier alpha value is -2.11. The van der Waals surface area contributed by atoms with Gasteiger partial charge in [0, 0.05) is 6.54 Å². The fraction of sp³-hybridized carbons (Fsp3) is 0.263. The van der Waals surface area contributed by atoms with E-state index in [1.165, 1.54) is 0 Å². The van der Waals surface area contributed by atoms with Crippen molar-refractivity contribution in [2.75, 3.05) is 13.7 Å². The number of sulfonamides is 1. The molecule has 0 aliphatic carbocycles. The van der Waals surface area contributed by atoms with Crippen LogP contribution in [0.4, 0.5) is 0 Å². The third kappa shape index (κ3) is 4.46. The minimum Gasteiger partial charge on any atom is -0.497 e. The fourth-order valence-corrected chi connectivity index (χ4v) is 3.32. The van der Waals surface area contributed by atoms with Crippen molar-refractivity contribution in [1.82, 2.24) is 4.72 Å². The molecule has 0 aliphatic rings. The normalized spacial score (nSPS) is 11.2. The molecule has 0 spiro atoms. The van der Waals surface area contributed by atoms with Crippen molar-refractivity contribution in [2.45, 2.75) is 25.7 Å². The molecule has 4 nitrogen and oxygen atoms in total. The molecule has 2 aromatic rings. The van der Waals surface area contributed by atoms with Crippen molar-refractivity contribution < 1.29 is 13.2 Å². The molecule has 2 rings (SSSR count). The van der Waals surface area contributed by atoms with Gasteiger partial charge in [-0.05, 0) is 56.2 Å². The second-order valence-electron chi connectivity index (χ2n) is 5.84. The van der Waals surface area contributed by atoms with Gasteiger partial charge in [-0.1, -0.05) is 35.4 Å². The minimum absolute atomic E-state index is 0.241. The molecule has 0 amide bonds. The van der Waals surface area contributed by atoms with Gasteiger partial charge in [0.2, 0.25) is 10.0 Å². The van der Waals surface area contributed by atoms with Crippen molar-refractivity contribution in [1.29, 1.82) is 0 Å². The molecule has 0 radical (unpaired) electrons. The lowest BCUT2D eigenvalue weighted by molar-refractivity contribution is 0.415. The highest BCUT2D eigenvalue weighted by Crippen LogP contribution is 2.22. The number of aryl methyl sites for hydroxylation is 1. The van der Waals surface area contributed by atoms with E-state index in [0.717, 1.165) is 28.0 Å². The van der Waals surface area contributed by atoms with Crippen LogP contribution in [0.2, 0.25) is 0 Å². The summed E-state index contributed by atoms with van der Waals surface area (Å²) in [5.74, 6) is 0.770. The number of rotatable bonds is 6. The van der Waals surface area contributed by atoms with Crippen LogP contribution in [0, 0.1) is 6.92 Å². The molecule has 0 unspecified atom stereocenters. The third-order valence-corrected chi connectivity index (χ3v) is 5.23. The zero-order valence-corrected chi connectivity index (χ0v) is 15.3. The number of hydrogen-bond donors (Lipinski definition) is 1. The standard InChI is InChI=1S/C19H23NO3S/c1-14(2)19(16-7-9-17(23-4)10-8-16)13-20-24(21,22)18-11-5-15(3)6-12-18/h5-12,20H,13H2,1-4H3. The lowest BCUT2D eigenvalue weighted by Crippen LogP contribution is -2.25. The van der Waals surface area contributed by atoms with Gasteiger partial charge in [0.05, 0.1) is 12.0 Å². The van der Waals surface area contributed by atoms with Crippen molar-refractivity contribution in [3.8, 4) is 5.75 Å². The monoisotopic (exact) mass is 345 g/mol. The van der Waals surface area contributed by atoms with Crippen molar-refractivity contribution >= 4 is 15.6 Å². The lowest BCUT2D eigenvalue weighted by atomic mass is 10.0. The lowest BCUT2D eigenvalue weighted by Gasteiger charge is -2.13. The number of ether oxygens (including phenoxy) is 1. The highest BCUT2D eigenvalue weighted by atomic mass is 32.2. The van der Waals surface area contributed by atoms with Gasteiger partial charge in [0.1, 0.15) is 5.75 Å². The molecule has 0 atom stereocenters. The Balaban J connectivity index is 2.20. The van der Waals surface area contributed by atoms with Crippen molar-refractivity contribution in [2.24, 2.45) is 0 Å². The highest BCUT2D eigenvalue weighted by molar-refractivity contribution is 7.89. The molecule has 0 bridgehead atoms. The SMILES string of the molecule is COc1ccc(C(CNS(=O)(=O)c2ccc(C)cc2)=C(C)C)cc1. The summed E-state index contributed by atoms with van der Waals surface area (Å²) in [5.41, 5.74) is 4.01. The Morgan fingerprint density at radius 3 is 2.08 bits per heavy atom. The largest absolute Gasteiger partial charge is 0.497 e. The Morgan fingerprint density at radius 1 is 1.00 bits per heavy atom. The van der Waals surface area contributed by atoms with Gasteiger partial charge in [-0.25, -0.2) is 13.1 Å². The van der Waals surface area contributed by atoms with E-state index in [0.29, 0.717) is 0 Å². The molecule has 24 heavy (non-hydrogen) atoms. The summed E-state index contributed by atoms with van der Waals surface area (Å²) in [4.78, 5) is 0.274. The molecular weight excluding hydrogens is 322 g/mol. The second kappa shape index (κ2) is 7.64. The Morgan fingerprint density at radius 2 is 1.58 bits per heavy atom. The summed E-state index contributed by atoms with van der Waals surface area (Å²) in [6, 6.07) is 14.4. The van der Waals surface area contributed by atoms with Crippen LogP contribution in [0.5, 0.6) is 5.75 Å². The summed E-state index contributed by atoms with van der Waals surface area (Å²) in [6.45, 7) is 6.11.